The summed E-state index contributed by atoms with van der Waals surface area (Å²) >= 11 is 0. The van der Waals surface area contributed by atoms with Crippen molar-refractivity contribution >= 4 is 11.4 Å². The lowest BCUT2D eigenvalue weighted by Gasteiger charge is -2.07. The molecule has 6 nitrogen and oxygen atoms in total. The fraction of sp³-hybridized carbons (Fsp3) is 0.182. The Balaban J connectivity index is 2.09. The number of nitro benzene ring substituents is 1. The van der Waals surface area contributed by atoms with E-state index in [9.17, 15) is 10.1 Å². The molecule has 0 saturated heterocycles. The number of rotatable bonds is 4. The van der Waals surface area contributed by atoms with Crippen LogP contribution in [0.2, 0.25) is 0 Å². The molecular formula is C11H12N4O2. The summed E-state index contributed by atoms with van der Waals surface area (Å²) in [5.41, 5.74) is 2.87. The molecule has 1 aromatic heterocycles. The minimum absolute atomic E-state index is 0.108. The zero-order chi connectivity index (χ0) is 12.3. The fourth-order valence-corrected chi connectivity index (χ4v) is 1.53. The molecule has 0 unspecified atom stereocenters. The minimum Gasteiger partial charge on any atom is -0.381 e. The first-order valence-corrected chi connectivity index (χ1v) is 5.13. The molecule has 88 valence electrons. The lowest BCUT2D eigenvalue weighted by molar-refractivity contribution is -0.384. The summed E-state index contributed by atoms with van der Waals surface area (Å²) in [5.74, 6) is 0. The largest absolute Gasteiger partial charge is 0.381 e. The maximum Gasteiger partial charge on any atom is 0.269 e. The van der Waals surface area contributed by atoms with E-state index in [4.69, 9.17) is 0 Å². The predicted molar refractivity (Wildman–Crippen MR) is 63.7 cm³/mol. The smallest absolute Gasteiger partial charge is 0.269 e. The van der Waals surface area contributed by atoms with Crippen LogP contribution in [0.25, 0.3) is 0 Å². The van der Waals surface area contributed by atoms with Gasteiger partial charge in [-0.15, -0.1) is 0 Å². The number of aryl methyl sites for hydroxylation is 1. The molecule has 1 aromatic carbocycles. The number of nitrogens with one attached hydrogen (secondary N) is 2. The Labute approximate surface area is 97.8 Å². The van der Waals surface area contributed by atoms with E-state index in [1.807, 2.05) is 6.92 Å². The van der Waals surface area contributed by atoms with E-state index in [0.29, 0.717) is 6.54 Å². The summed E-state index contributed by atoms with van der Waals surface area (Å²) in [4.78, 5) is 10.2. The second kappa shape index (κ2) is 4.65. The van der Waals surface area contributed by atoms with E-state index in [1.54, 1.807) is 24.5 Å². The van der Waals surface area contributed by atoms with Gasteiger partial charge in [-0.05, 0) is 18.6 Å². The van der Waals surface area contributed by atoms with Crippen LogP contribution in [-0.2, 0) is 6.54 Å². The molecule has 0 bridgehead atoms. The maximum atomic E-state index is 10.6. The van der Waals surface area contributed by atoms with E-state index >= 15 is 0 Å². The van der Waals surface area contributed by atoms with Gasteiger partial charge in [-0.25, -0.2) is 0 Å². The molecular weight excluding hydrogens is 220 g/mol. The van der Waals surface area contributed by atoms with Gasteiger partial charge in [0, 0.05) is 36.1 Å². The van der Waals surface area contributed by atoms with Crippen LogP contribution in [0.5, 0.6) is 0 Å². The van der Waals surface area contributed by atoms with Gasteiger partial charge >= 0.3 is 0 Å². The van der Waals surface area contributed by atoms with Crippen molar-refractivity contribution in [3.63, 3.8) is 0 Å². The van der Waals surface area contributed by atoms with Crippen molar-refractivity contribution in [2.24, 2.45) is 0 Å². The summed E-state index contributed by atoms with van der Waals surface area (Å²) in [7, 11) is 0. The molecule has 2 rings (SSSR count). The van der Waals surface area contributed by atoms with E-state index in [-0.39, 0.29) is 5.69 Å². The van der Waals surface area contributed by atoms with Gasteiger partial charge in [0.2, 0.25) is 0 Å². The molecule has 2 N–H and O–H groups in total. The number of nitrogens with zero attached hydrogens (tertiary/aromatic N) is 2. The highest BCUT2D eigenvalue weighted by atomic mass is 16.6. The highest BCUT2D eigenvalue weighted by Gasteiger charge is 2.07. The Morgan fingerprint density at radius 3 is 2.94 bits per heavy atom. The molecule has 6 heteroatoms. The van der Waals surface area contributed by atoms with Crippen molar-refractivity contribution in [2.75, 3.05) is 5.32 Å². The van der Waals surface area contributed by atoms with Gasteiger partial charge in [0.15, 0.2) is 0 Å². The molecule has 0 saturated carbocycles. The summed E-state index contributed by atoms with van der Waals surface area (Å²) < 4.78 is 0. The number of aromatic amines is 1. The van der Waals surface area contributed by atoms with Crippen molar-refractivity contribution in [1.29, 1.82) is 0 Å². The third-order valence-electron chi connectivity index (χ3n) is 2.46. The van der Waals surface area contributed by atoms with Gasteiger partial charge in [0.1, 0.15) is 0 Å². The first-order chi connectivity index (χ1) is 8.16. The van der Waals surface area contributed by atoms with Crippen LogP contribution in [0.3, 0.4) is 0 Å². The number of non-ortho nitro benzene ring substituents is 1. The van der Waals surface area contributed by atoms with Crippen LogP contribution in [0, 0.1) is 17.0 Å². The fourth-order valence-electron chi connectivity index (χ4n) is 1.53. The molecule has 0 fully saturated rings. The molecule has 0 aliphatic rings. The SMILES string of the molecule is Cc1cc([N+](=O)[O-])ccc1NCc1cn[nH]c1. The number of hydrogen-bond donors (Lipinski definition) is 2. The monoisotopic (exact) mass is 232 g/mol. The van der Waals surface area contributed by atoms with Gasteiger partial charge in [-0.1, -0.05) is 0 Å². The second-order valence-electron chi connectivity index (χ2n) is 3.72. The zero-order valence-electron chi connectivity index (χ0n) is 9.30. The Kier molecular flexibility index (Phi) is 3.04. The number of hydrogen-bond acceptors (Lipinski definition) is 4. The molecule has 0 aliphatic carbocycles. The Bertz CT molecular complexity index is 522. The number of H-pyrrole nitrogens is 1. The van der Waals surface area contributed by atoms with Crippen LogP contribution in [0.1, 0.15) is 11.1 Å². The van der Waals surface area contributed by atoms with Crippen molar-refractivity contribution in [3.8, 4) is 0 Å². The number of benzene rings is 1. The first kappa shape index (κ1) is 11.1. The second-order valence-corrected chi connectivity index (χ2v) is 3.72. The summed E-state index contributed by atoms with van der Waals surface area (Å²) in [5, 5.41) is 20.3. The Morgan fingerprint density at radius 2 is 2.35 bits per heavy atom. The molecule has 17 heavy (non-hydrogen) atoms. The highest BCUT2D eigenvalue weighted by Crippen LogP contribution is 2.21. The minimum atomic E-state index is -0.396. The number of nitro groups is 1. The topological polar surface area (TPSA) is 83.8 Å². The first-order valence-electron chi connectivity index (χ1n) is 5.13. The van der Waals surface area contributed by atoms with Gasteiger partial charge in [-0.2, -0.15) is 5.10 Å². The van der Waals surface area contributed by atoms with E-state index < -0.39 is 4.92 Å². The zero-order valence-corrected chi connectivity index (χ0v) is 9.30. The van der Waals surface area contributed by atoms with Crippen LogP contribution in [-0.4, -0.2) is 15.1 Å². The van der Waals surface area contributed by atoms with Gasteiger partial charge in [-0.3, -0.25) is 15.2 Å². The van der Waals surface area contributed by atoms with Crippen molar-refractivity contribution < 1.29 is 4.92 Å². The molecule has 0 spiro atoms. The summed E-state index contributed by atoms with van der Waals surface area (Å²) in [6.07, 6.45) is 3.53. The lowest BCUT2D eigenvalue weighted by atomic mass is 10.1. The van der Waals surface area contributed by atoms with E-state index in [1.165, 1.54) is 6.07 Å². The maximum absolute atomic E-state index is 10.6. The normalized spacial score (nSPS) is 10.2. The number of anilines is 1. The van der Waals surface area contributed by atoms with Gasteiger partial charge < -0.3 is 5.32 Å². The van der Waals surface area contributed by atoms with Crippen LogP contribution in [0.15, 0.2) is 30.6 Å². The number of aromatic nitrogens is 2. The quantitative estimate of drug-likeness (QED) is 0.625. The average Bonchev–Trinajstić information content (AvgIpc) is 2.80. The Morgan fingerprint density at radius 1 is 1.53 bits per heavy atom. The van der Waals surface area contributed by atoms with Crippen molar-refractivity contribution in [3.05, 3.63) is 51.8 Å². The molecule has 0 atom stereocenters. The van der Waals surface area contributed by atoms with E-state index in [0.717, 1.165) is 16.8 Å². The van der Waals surface area contributed by atoms with Crippen molar-refractivity contribution in [1.82, 2.24) is 10.2 Å². The van der Waals surface area contributed by atoms with Gasteiger partial charge in [0.25, 0.3) is 5.69 Å². The van der Waals surface area contributed by atoms with Crippen LogP contribution >= 0.6 is 0 Å². The summed E-state index contributed by atoms with van der Waals surface area (Å²) in [6.45, 7) is 2.47. The molecule has 1 heterocycles. The molecule has 0 aliphatic heterocycles. The molecule has 0 radical (unpaired) electrons. The third-order valence-corrected chi connectivity index (χ3v) is 2.46. The standard InChI is InChI=1S/C11H12N4O2/c1-8-4-10(15(16)17)2-3-11(8)12-5-9-6-13-14-7-9/h2-4,6-7,12H,5H2,1H3,(H,13,14). The van der Waals surface area contributed by atoms with Crippen molar-refractivity contribution in [2.45, 2.75) is 13.5 Å². The third kappa shape index (κ3) is 2.60. The molecule has 0 amide bonds. The van der Waals surface area contributed by atoms with Crippen LogP contribution in [0.4, 0.5) is 11.4 Å². The molecule has 2 aromatic rings. The highest BCUT2D eigenvalue weighted by molar-refractivity contribution is 5.55. The van der Waals surface area contributed by atoms with E-state index in [2.05, 4.69) is 15.5 Å². The summed E-state index contributed by atoms with van der Waals surface area (Å²) in [6, 6.07) is 4.76. The lowest BCUT2D eigenvalue weighted by Crippen LogP contribution is -2.00. The van der Waals surface area contributed by atoms with Gasteiger partial charge in [0.05, 0.1) is 11.1 Å². The average molecular weight is 232 g/mol. The van der Waals surface area contributed by atoms with Crippen LogP contribution < -0.4 is 5.32 Å². The Hall–Kier alpha value is -2.37. The predicted octanol–water partition coefficient (Wildman–Crippen LogP) is 2.24.